The summed E-state index contributed by atoms with van der Waals surface area (Å²) in [6, 6.07) is 7.49. The molecule has 1 aliphatic heterocycles. The number of hydrogen-bond donors (Lipinski definition) is 2. The third-order valence-corrected chi connectivity index (χ3v) is 4.83. The van der Waals surface area contributed by atoms with Gasteiger partial charge >= 0.3 is 12.1 Å². The largest absolute Gasteiger partial charge is 0.467 e. The average molecular weight is 461 g/mol. The molecule has 31 heavy (non-hydrogen) atoms. The molecule has 1 amide bonds. The lowest BCUT2D eigenvalue weighted by atomic mass is 10.0. The van der Waals surface area contributed by atoms with Gasteiger partial charge in [-0.15, -0.1) is 0 Å². The second kappa shape index (κ2) is 10.4. The van der Waals surface area contributed by atoms with Crippen molar-refractivity contribution in [1.82, 2.24) is 5.32 Å². The Balaban J connectivity index is 2.13. The van der Waals surface area contributed by atoms with Crippen LogP contribution in [0.3, 0.4) is 0 Å². The Morgan fingerprint density at radius 1 is 1.19 bits per heavy atom. The highest BCUT2D eigenvalue weighted by atomic mass is 32.2. The van der Waals surface area contributed by atoms with Gasteiger partial charge in [0.1, 0.15) is 24.9 Å². The molecule has 11 nitrogen and oxygen atoms in total. The van der Waals surface area contributed by atoms with Gasteiger partial charge in [0.05, 0.1) is 20.0 Å². The molecule has 0 radical (unpaired) electrons. The minimum absolute atomic E-state index is 0.0393. The highest BCUT2D eigenvalue weighted by Crippen LogP contribution is 2.32. The molecular weight excluding hydrogens is 434 g/mol. The Morgan fingerprint density at radius 2 is 1.81 bits per heavy atom. The summed E-state index contributed by atoms with van der Waals surface area (Å²) in [5.41, 5.74) is 0.736. The van der Waals surface area contributed by atoms with E-state index in [-0.39, 0.29) is 6.61 Å². The minimum Gasteiger partial charge on any atom is -0.467 e. The van der Waals surface area contributed by atoms with Gasteiger partial charge in [-0.3, -0.25) is 4.18 Å². The number of ether oxygens (including phenoxy) is 4. The summed E-state index contributed by atoms with van der Waals surface area (Å²) in [7, 11) is -2.71. The number of aliphatic hydroxyl groups excluding tert-OH is 1. The molecule has 1 fully saturated rings. The fourth-order valence-corrected chi connectivity index (χ4v) is 3.34. The van der Waals surface area contributed by atoms with Crippen molar-refractivity contribution in [1.29, 1.82) is 0 Å². The molecule has 4 atom stereocenters. The number of aliphatic hydroxyl groups is 1. The molecule has 2 N–H and O–H groups in total. The molecule has 1 aromatic carbocycles. The zero-order chi connectivity index (χ0) is 23.2. The Morgan fingerprint density at radius 3 is 2.39 bits per heavy atom. The van der Waals surface area contributed by atoms with Crippen LogP contribution in [0, 0.1) is 0 Å². The van der Waals surface area contributed by atoms with Gasteiger partial charge in [-0.2, -0.15) is 8.42 Å². The summed E-state index contributed by atoms with van der Waals surface area (Å²) in [5, 5.41) is 12.8. The number of hydrogen-bond acceptors (Lipinski definition) is 10. The molecule has 1 aromatic rings. The van der Waals surface area contributed by atoms with E-state index in [4.69, 9.17) is 18.9 Å². The van der Waals surface area contributed by atoms with Gasteiger partial charge in [0, 0.05) is 0 Å². The Bertz CT molecular complexity index is 858. The van der Waals surface area contributed by atoms with Gasteiger partial charge < -0.3 is 29.4 Å². The van der Waals surface area contributed by atoms with Gasteiger partial charge in [-0.25, -0.2) is 9.59 Å². The number of alkyl carbamates (subject to hydrolysis) is 1. The number of amides is 1. The third kappa shape index (κ3) is 7.74. The summed E-state index contributed by atoms with van der Waals surface area (Å²) in [4.78, 5) is 24.7. The van der Waals surface area contributed by atoms with Crippen LogP contribution in [-0.2, 0) is 44.7 Å². The van der Waals surface area contributed by atoms with Crippen LogP contribution in [0.2, 0.25) is 0 Å². The smallest absolute Gasteiger partial charge is 0.408 e. The highest BCUT2D eigenvalue weighted by molar-refractivity contribution is 7.85. The summed E-state index contributed by atoms with van der Waals surface area (Å²) in [5.74, 6) is -2.12. The molecule has 2 rings (SSSR count). The molecule has 0 unspecified atom stereocenters. The maximum Gasteiger partial charge on any atom is 0.408 e. The number of carbonyl (C=O) groups excluding carboxylic acids is 2. The fraction of sp³-hybridized carbons (Fsp3) is 0.579. The summed E-state index contributed by atoms with van der Waals surface area (Å²) in [6.07, 6.45) is -4.02. The average Bonchev–Trinajstić information content (AvgIpc) is 3.03. The van der Waals surface area contributed by atoms with Crippen LogP contribution >= 0.6 is 0 Å². The van der Waals surface area contributed by atoms with E-state index in [1.165, 1.54) is 13.8 Å². The lowest BCUT2D eigenvalue weighted by Gasteiger charge is -2.27. The first kappa shape index (κ1) is 25.0. The van der Waals surface area contributed by atoms with Crippen LogP contribution in [0.25, 0.3) is 0 Å². The number of nitrogens with one attached hydrogen (secondary N) is 1. The van der Waals surface area contributed by atoms with E-state index in [2.05, 4.69) is 9.50 Å². The molecule has 0 bridgehead atoms. The molecule has 1 saturated heterocycles. The zero-order valence-corrected chi connectivity index (χ0v) is 18.5. The number of rotatable bonds is 9. The Hall–Kier alpha value is -2.25. The van der Waals surface area contributed by atoms with Crippen molar-refractivity contribution >= 4 is 22.2 Å². The maximum atomic E-state index is 12.4. The number of esters is 1. The Kier molecular flexibility index (Phi) is 8.37. The van der Waals surface area contributed by atoms with Crippen molar-refractivity contribution in [3.05, 3.63) is 35.9 Å². The van der Waals surface area contributed by atoms with Crippen molar-refractivity contribution in [2.75, 3.05) is 20.0 Å². The molecule has 174 valence electrons. The van der Waals surface area contributed by atoms with E-state index in [1.54, 1.807) is 24.3 Å². The monoisotopic (exact) mass is 461 g/mol. The van der Waals surface area contributed by atoms with Crippen molar-refractivity contribution in [2.24, 2.45) is 0 Å². The molecule has 0 spiro atoms. The number of methoxy groups -OCH3 is 1. The molecule has 12 heteroatoms. The predicted octanol–water partition coefficient (Wildman–Crippen LogP) is 0.312. The lowest BCUT2D eigenvalue weighted by Crippen LogP contribution is -2.55. The van der Waals surface area contributed by atoms with Crippen molar-refractivity contribution in [2.45, 2.75) is 50.6 Å². The zero-order valence-electron chi connectivity index (χ0n) is 17.6. The first-order valence-electron chi connectivity index (χ1n) is 9.35. The number of benzene rings is 1. The Labute approximate surface area is 180 Å². The van der Waals surface area contributed by atoms with Gasteiger partial charge in [-0.05, 0) is 19.4 Å². The van der Waals surface area contributed by atoms with E-state index >= 15 is 0 Å². The van der Waals surface area contributed by atoms with Gasteiger partial charge in [0.15, 0.2) is 11.8 Å². The fourth-order valence-electron chi connectivity index (χ4n) is 2.95. The van der Waals surface area contributed by atoms with Crippen molar-refractivity contribution < 1.29 is 46.2 Å². The predicted molar refractivity (Wildman–Crippen MR) is 106 cm³/mol. The van der Waals surface area contributed by atoms with E-state index in [1.807, 2.05) is 6.07 Å². The van der Waals surface area contributed by atoms with Gasteiger partial charge in [0.2, 0.25) is 0 Å². The number of carbonyl (C=O) groups is 2. The normalized spacial score (nSPS) is 22.4. The van der Waals surface area contributed by atoms with Crippen LogP contribution in [0.5, 0.6) is 0 Å². The van der Waals surface area contributed by atoms with Crippen molar-refractivity contribution in [3.8, 4) is 0 Å². The quantitative estimate of drug-likeness (QED) is 0.389. The standard InChI is InChI=1S/C19H27NO10S/c1-19(2)29-15(13(21)11-28-31(4,24)25)16(30-19)14(17(22)26-3)20-18(23)27-10-12-8-6-5-7-9-12/h5-9,13-16,21H,10-11H2,1-4H3,(H,20,23)/t13-,14+,15-,16-/m1/s1. The maximum absolute atomic E-state index is 12.4. The van der Waals surface area contributed by atoms with Crippen LogP contribution < -0.4 is 5.32 Å². The van der Waals surface area contributed by atoms with E-state index in [9.17, 15) is 23.1 Å². The van der Waals surface area contributed by atoms with E-state index < -0.39 is 58.9 Å². The summed E-state index contributed by atoms with van der Waals surface area (Å²) in [6.45, 7) is 2.40. The van der Waals surface area contributed by atoms with E-state index in [0.717, 1.165) is 18.9 Å². The summed E-state index contributed by atoms with van der Waals surface area (Å²) < 4.78 is 48.3. The van der Waals surface area contributed by atoms with Crippen LogP contribution in [0.15, 0.2) is 30.3 Å². The van der Waals surface area contributed by atoms with Crippen molar-refractivity contribution in [3.63, 3.8) is 0 Å². The van der Waals surface area contributed by atoms with Crippen LogP contribution in [-0.4, -0.2) is 75.7 Å². The van der Waals surface area contributed by atoms with Crippen LogP contribution in [0.1, 0.15) is 19.4 Å². The van der Waals surface area contributed by atoms with Gasteiger partial charge in [0.25, 0.3) is 10.1 Å². The lowest BCUT2D eigenvalue weighted by molar-refractivity contribution is -0.161. The molecule has 0 saturated carbocycles. The molecule has 1 heterocycles. The SMILES string of the molecule is COC(=O)[C@@H](NC(=O)OCc1ccccc1)[C@H]1OC(C)(C)O[C@@H]1[C@H](O)COS(C)(=O)=O. The highest BCUT2D eigenvalue weighted by Gasteiger charge is 2.51. The first-order chi connectivity index (χ1) is 14.4. The molecule has 0 aliphatic carbocycles. The first-order valence-corrected chi connectivity index (χ1v) is 11.2. The van der Waals surface area contributed by atoms with Gasteiger partial charge in [-0.1, -0.05) is 30.3 Å². The third-order valence-electron chi connectivity index (χ3n) is 4.27. The molecular formula is C19H27NO10S. The second-order valence-electron chi connectivity index (χ2n) is 7.33. The molecule has 0 aromatic heterocycles. The van der Waals surface area contributed by atoms with Crippen LogP contribution in [0.4, 0.5) is 4.79 Å². The second-order valence-corrected chi connectivity index (χ2v) is 8.97. The topological polar surface area (TPSA) is 147 Å². The van der Waals surface area contributed by atoms with E-state index in [0.29, 0.717) is 0 Å². The summed E-state index contributed by atoms with van der Waals surface area (Å²) >= 11 is 0. The minimum atomic E-state index is -3.83. The molecule has 1 aliphatic rings.